The summed E-state index contributed by atoms with van der Waals surface area (Å²) in [5.74, 6) is -0.186. The maximum atomic E-state index is 12.9. The van der Waals surface area contributed by atoms with Gasteiger partial charge < -0.3 is 19.5 Å². The standard InChI is InChI=1S/C19H15N5O5S/c25-16-11-4-3-10(8-12(11)17(26)22-16)20-19(27)24-5-6-28-9-13(24)18-21-15(23-29-18)14-2-1-7-30-14/h1-4,7-8,13H,5-6,9H2,(H,20,27)(H,22,25,26)/t13-/m0/s1. The topological polar surface area (TPSA) is 127 Å². The molecule has 1 fully saturated rings. The SMILES string of the molecule is O=C1NC(=O)c2cc(NC(=O)N3CCOC[C@H]3c3nc(-c4cccs4)no3)ccc21. The molecule has 2 N–H and O–H groups in total. The van der Waals surface area contributed by atoms with Crippen molar-refractivity contribution in [2.45, 2.75) is 6.04 Å². The quantitative estimate of drug-likeness (QED) is 0.617. The van der Waals surface area contributed by atoms with Crippen molar-refractivity contribution >= 4 is 34.9 Å². The van der Waals surface area contributed by atoms with Gasteiger partial charge in [-0.1, -0.05) is 11.2 Å². The third-order valence-corrected chi connectivity index (χ3v) is 5.71. The molecule has 30 heavy (non-hydrogen) atoms. The molecule has 4 heterocycles. The Kier molecular flexibility index (Phi) is 4.52. The van der Waals surface area contributed by atoms with Gasteiger partial charge in [0.1, 0.15) is 6.04 Å². The summed E-state index contributed by atoms with van der Waals surface area (Å²) >= 11 is 1.49. The third-order valence-electron chi connectivity index (χ3n) is 4.84. The number of urea groups is 1. The Labute approximate surface area is 173 Å². The predicted octanol–water partition coefficient (Wildman–Crippen LogP) is 2.29. The molecule has 1 aromatic carbocycles. The fourth-order valence-corrected chi connectivity index (χ4v) is 4.02. The second kappa shape index (κ2) is 7.35. The first-order valence-corrected chi connectivity index (χ1v) is 10.0. The number of imide groups is 1. The van der Waals surface area contributed by atoms with Gasteiger partial charge in [0, 0.05) is 12.2 Å². The molecule has 0 unspecified atom stereocenters. The van der Waals surface area contributed by atoms with Crippen molar-refractivity contribution in [1.82, 2.24) is 20.4 Å². The average molecular weight is 425 g/mol. The molecule has 1 saturated heterocycles. The van der Waals surface area contributed by atoms with Crippen LogP contribution >= 0.6 is 11.3 Å². The maximum absolute atomic E-state index is 12.9. The summed E-state index contributed by atoms with van der Waals surface area (Å²) in [4.78, 5) is 43.3. The lowest BCUT2D eigenvalue weighted by Gasteiger charge is -2.33. The molecule has 152 valence electrons. The molecule has 2 aromatic heterocycles. The molecule has 0 saturated carbocycles. The Bertz CT molecular complexity index is 1140. The molecule has 2 aliphatic rings. The van der Waals surface area contributed by atoms with Crippen molar-refractivity contribution in [3.63, 3.8) is 0 Å². The van der Waals surface area contributed by atoms with Crippen LogP contribution in [0.15, 0.2) is 40.2 Å². The minimum atomic E-state index is -0.542. The third kappa shape index (κ3) is 3.23. The lowest BCUT2D eigenvalue weighted by atomic mass is 10.1. The van der Waals surface area contributed by atoms with Gasteiger partial charge in [0.2, 0.25) is 5.82 Å². The zero-order chi connectivity index (χ0) is 20.7. The number of amides is 4. The second-order valence-corrected chi connectivity index (χ2v) is 7.64. The summed E-state index contributed by atoms with van der Waals surface area (Å²) in [5.41, 5.74) is 0.918. The Morgan fingerprint density at radius 1 is 1.23 bits per heavy atom. The number of nitrogens with one attached hydrogen (secondary N) is 2. The number of fused-ring (bicyclic) bond motifs is 1. The molecule has 0 aliphatic carbocycles. The van der Waals surface area contributed by atoms with E-state index in [2.05, 4.69) is 20.8 Å². The van der Waals surface area contributed by atoms with Crippen LogP contribution in [0.25, 0.3) is 10.7 Å². The molecule has 0 spiro atoms. The van der Waals surface area contributed by atoms with Crippen molar-refractivity contribution in [3.05, 3.63) is 52.7 Å². The number of ether oxygens (including phenoxy) is 1. The summed E-state index contributed by atoms with van der Waals surface area (Å²) in [6, 6.07) is 7.40. The highest BCUT2D eigenvalue weighted by Crippen LogP contribution is 2.28. The van der Waals surface area contributed by atoms with Crippen LogP contribution in [0.4, 0.5) is 10.5 Å². The largest absolute Gasteiger partial charge is 0.377 e. The molecule has 3 aromatic rings. The molecule has 2 aliphatic heterocycles. The van der Waals surface area contributed by atoms with Crippen LogP contribution in [0.2, 0.25) is 0 Å². The molecule has 4 amide bonds. The molecule has 5 rings (SSSR count). The van der Waals surface area contributed by atoms with E-state index >= 15 is 0 Å². The highest BCUT2D eigenvalue weighted by atomic mass is 32.1. The van der Waals surface area contributed by atoms with Crippen LogP contribution in [-0.4, -0.2) is 52.6 Å². The number of morpholine rings is 1. The first-order valence-electron chi connectivity index (χ1n) is 9.13. The lowest BCUT2D eigenvalue weighted by Crippen LogP contribution is -2.45. The molecule has 0 radical (unpaired) electrons. The van der Waals surface area contributed by atoms with Gasteiger partial charge >= 0.3 is 6.03 Å². The van der Waals surface area contributed by atoms with Gasteiger partial charge in [0.15, 0.2) is 0 Å². The summed E-state index contributed by atoms with van der Waals surface area (Å²) < 4.78 is 10.9. The van der Waals surface area contributed by atoms with E-state index in [1.54, 1.807) is 11.0 Å². The van der Waals surface area contributed by atoms with Crippen molar-refractivity contribution in [2.75, 3.05) is 25.1 Å². The Hall–Kier alpha value is -3.57. The van der Waals surface area contributed by atoms with Gasteiger partial charge in [0.05, 0.1) is 29.2 Å². The number of rotatable bonds is 3. The van der Waals surface area contributed by atoms with Crippen molar-refractivity contribution < 1.29 is 23.6 Å². The summed E-state index contributed by atoms with van der Waals surface area (Å²) in [6.45, 7) is 0.925. The Balaban J connectivity index is 1.36. The number of aromatic nitrogens is 2. The Morgan fingerprint density at radius 3 is 2.93 bits per heavy atom. The number of thiophene rings is 1. The molecule has 1 atom stereocenters. The van der Waals surface area contributed by atoms with Gasteiger partial charge in [-0.25, -0.2) is 4.79 Å². The first kappa shape index (κ1) is 18.5. The zero-order valence-electron chi connectivity index (χ0n) is 15.5. The molecule has 10 nitrogen and oxygen atoms in total. The van der Waals surface area contributed by atoms with E-state index in [0.29, 0.717) is 24.7 Å². The summed E-state index contributed by atoms with van der Waals surface area (Å²) in [6.07, 6.45) is 0. The molecular weight excluding hydrogens is 410 g/mol. The predicted molar refractivity (Wildman–Crippen MR) is 105 cm³/mol. The zero-order valence-corrected chi connectivity index (χ0v) is 16.3. The van der Waals surface area contributed by atoms with Gasteiger partial charge in [-0.05, 0) is 29.6 Å². The van der Waals surface area contributed by atoms with E-state index in [0.717, 1.165) is 4.88 Å². The van der Waals surface area contributed by atoms with Crippen molar-refractivity contribution in [3.8, 4) is 10.7 Å². The van der Waals surface area contributed by atoms with Crippen molar-refractivity contribution in [1.29, 1.82) is 0 Å². The summed E-state index contributed by atoms with van der Waals surface area (Å²) in [5, 5.41) is 10.9. The van der Waals surface area contributed by atoms with Gasteiger partial charge in [-0.2, -0.15) is 4.98 Å². The molecule has 0 bridgehead atoms. The fourth-order valence-electron chi connectivity index (χ4n) is 3.37. The van der Waals surface area contributed by atoms with Crippen molar-refractivity contribution in [2.24, 2.45) is 0 Å². The van der Waals surface area contributed by atoms with Crippen LogP contribution in [0.5, 0.6) is 0 Å². The van der Waals surface area contributed by atoms with Crippen LogP contribution < -0.4 is 10.6 Å². The Morgan fingerprint density at radius 2 is 2.10 bits per heavy atom. The number of hydrogen-bond donors (Lipinski definition) is 2. The smallest absolute Gasteiger partial charge is 0.322 e. The van der Waals surface area contributed by atoms with Crippen LogP contribution in [-0.2, 0) is 4.74 Å². The first-order chi connectivity index (χ1) is 14.6. The number of carbonyl (C=O) groups is 3. The van der Waals surface area contributed by atoms with Crippen LogP contribution in [0.3, 0.4) is 0 Å². The van der Waals surface area contributed by atoms with E-state index in [1.165, 1.54) is 23.5 Å². The van der Waals surface area contributed by atoms with Crippen LogP contribution in [0, 0.1) is 0 Å². The summed E-state index contributed by atoms with van der Waals surface area (Å²) in [7, 11) is 0. The monoisotopic (exact) mass is 425 g/mol. The maximum Gasteiger partial charge on any atom is 0.322 e. The van der Waals surface area contributed by atoms with E-state index in [4.69, 9.17) is 9.26 Å². The molecular formula is C19H15N5O5S. The number of hydrogen-bond acceptors (Lipinski definition) is 8. The highest BCUT2D eigenvalue weighted by molar-refractivity contribution is 7.13. The minimum absolute atomic E-state index is 0.223. The normalized spacial score (nSPS) is 18.3. The van der Waals surface area contributed by atoms with Gasteiger partial charge in [0.25, 0.3) is 17.7 Å². The molecule has 11 heteroatoms. The van der Waals surface area contributed by atoms with Crippen LogP contribution in [0.1, 0.15) is 32.6 Å². The minimum Gasteiger partial charge on any atom is -0.377 e. The van der Waals surface area contributed by atoms with E-state index in [-0.39, 0.29) is 23.6 Å². The van der Waals surface area contributed by atoms with Gasteiger partial charge in [-0.15, -0.1) is 11.3 Å². The van der Waals surface area contributed by atoms with E-state index < -0.39 is 23.9 Å². The average Bonchev–Trinajstić information content (AvgIpc) is 3.49. The van der Waals surface area contributed by atoms with E-state index in [9.17, 15) is 14.4 Å². The number of carbonyl (C=O) groups excluding carboxylic acids is 3. The fraction of sp³-hybridized carbons (Fsp3) is 0.211. The number of anilines is 1. The highest BCUT2D eigenvalue weighted by Gasteiger charge is 2.34. The van der Waals surface area contributed by atoms with E-state index in [1.807, 2.05) is 17.5 Å². The second-order valence-electron chi connectivity index (χ2n) is 6.69. The van der Waals surface area contributed by atoms with Gasteiger partial charge in [-0.3, -0.25) is 14.9 Å². The lowest BCUT2D eigenvalue weighted by molar-refractivity contribution is 0.00349. The number of nitrogens with zero attached hydrogens (tertiary/aromatic N) is 3. The number of benzene rings is 1.